The first-order chi connectivity index (χ1) is 20.2. The standard InChI is InChI=1S/C36H29N3O2/c1-2-41-36(40)29-22-32-34(28-18-10-12-20-31(28)39(32)24-26-15-7-4-8-16-26)35(37-29)33-21-27-17-9-11-19-30(27)38(33)23-25-13-5-3-6-14-25/h3-22H,2,23-24H2,1H3. The molecule has 3 heterocycles. The third kappa shape index (κ3) is 4.45. The molecule has 0 bridgehead atoms. The topological polar surface area (TPSA) is 49.1 Å². The molecule has 0 atom stereocenters. The predicted octanol–water partition coefficient (Wildman–Crippen LogP) is 8.08. The molecule has 0 aliphatic heterocycles. The number of hydrogen-bond acceptors (Lipinski definition) is 3. The zero-order valence-electron chi connectivity index (χ0n) is 22.8. The van der Waals surface area contributed by atoms with Crippen LogP contribution in [0.15, 0.2) is 121 Å². The first-order valence-electron chi connectivity index (χ1n) is 14.0. The molecule has 0 saturated carbocycles. The molecule has 7 rings (SSSR count). The van der Waals surface area contributed by atoms with Crippen molar-refractivity contribution in [3.05, 3.63) is 138 Å². The number of carbonyl (C=O) groups is 1. The second-order valence-corrected chi connectivity index (χ2v) is 10.2. The Labute approximate surface area is 238 Å². The highest BCUT2D eigenvalue weighted by Crippen LogP contribution is 2.39. The van der Waals surface area contributed by atoms with Crippen LogP contribution in [0, 0.1) is 0 Å². The number of carbonyl (C=O) groups excluding carboxylic acids is 1. The third-order valence-corrected chi connectivity index (χ3v) is 7.66. The summed E-state index contributed by atoms with van der Waals surface area (Å²) in [6, 6.07) is 41.8. The summed E-state index contributed by atoms with van der Waals surface area (Å²) in [6.45, 7) is 3.46. The lowest BCUT2D eigenvalue weighted by atomic mass is 10.1. The van der Waals surface area contributed by atoms with E-state index in [4.69, 9.17) is 9.72 Å². The minimum atomic E-state index is -0.419. The van der Waals surface area contributed by atoms with Gasteiger partial charge in [-0.1, -0.05) is 97.1 Å². The van der Waals surface area contributed by atoms with Crippen LogP contribution < -0.4 is 0 Å². The van der Waals surface area contributed by atoms with Gasteiger partial charge in [0.2, 0.25) is 0 Å². The van der Waals surface area contributed by atoms with Gasteiger partial charge >= 0.3 is 5.97 Å². The lowest BCUT2D eigenvalue weighted by Gasteiger charge is -2.14. The van der Waals surface area contributed by atoms with Gasteiger partial charge in [0.25, 0.3) is 0 Å². The van der Waals surface area contributed by atoms with Gasteiger partial charge < -0.3 is 13.9 Å². The molecule has 0 amide bonds. The number of fused-ring (bicyclic) bond motifs is 4. The molecule has 7 aromatic rings. The lowest BCUT2D eigenvalue weighted by Crippen LogP contribution is -2.10. The fraction of sp³-hybridized carbons (Fsp3) is 0.111. The van der Waals surface area contributed by atoms with Gasteiger partial charge in [0.05, 0.1) is 23.5 Å². The smallest absolute Gasteiger partial charge is 0.357 e. The number of para-hydroxylation sites is 2. The summed E-state index contributed by atoms with van der Waals surface area (Å²) in [5, 5.41) is 3.26. The van der Waals surface area contributed by atoms with Crippen molar-refractivity contribution < 1.29 is 9.53 Å². The van der Waals surface area contributed by atoms with Crippen LogP contribution in [0.2, 0.25) is 0 Å². The average molecular weight is 536 g/mol. The third-order valence-electron chi connectivity index (χ3n) is 7.66. The lowest BCUT2D eigenvalue weighted by molar-refractivity contribution is 0.0520. The van der Waals surface area contributed by atoms with Crippen LogP contribution in [0.4, 0.5) is 0 Å². The van der Waals surface area contributed by atoms with Crippen LogP contribution >= 0.6 is 0 Å². The monoisotopic (exact) mass is 535 g/mol. The quantitative estimate of drug-likeness (QED) is 0.194. The van der Waals surface area contributed by atoms with Crippen molar-refractivity contribution in [1.82, 2.24) is 14.1 Å². The summed E-state index contributed by atoms with van der Waals surface area (Å²) in [6.07, 6.45) is 0. The van der Waals surface area contributed by atoms with Crippen molar-refractivity contribution >= 4 is 38.7 Å². The number of pyridine rings is 1. The molecule has 3 aromatic heterocycles. The van der Waals surface area contributed by atoms with E-state index in [2.05, 4.69) is 112 Å². The van der Waals surface area contributed by atoms with Crippen molar-refractivity contribution in [1.29, 1.82) is 0 Å². The highest BCUT2D eigenvalue weighted by Gasteiger charge is 2.23. The zero-order valence-corrected chi connectivity index (χ0v) is 22.8. The van der Waals surface area contributed by atoms with Crippen molar-refractivity contribution in [3.63, 3.8) is 0 Å². The molecular formula is C36H29N3O2. The molecule has 0 saturated heterocycles. The Kier molecular flexibility index (Phi) is 6.32. The second-order valence-electron chi connectivity index (χ2n) is 10.2. The first-order valence-corrected chi connectivity index (χ1v) is 14.0. The van der Waals surface area contributed by atoms with Gasteiger partial charge in [-0.05, 0) is 42.3 Å². The van der Waals surface area contributed by atoms with E-state index in [1.807, 2.05) is 25.1 Å². The van der Waals surface area contributed by atoms with Crippen LogP contribution in [0.3, 0.4) is 0 Å². The molecule has 0 spiro atoms. The molecule has 0 N–H and O–H groups in total. The SMILES string of the molecule is CCOC(=O)c1cc2c(c(-c3cc4ccccc4n3Cc3ccccc3)n1)c1ccccc1n2Cc1ccccc1. The molecule has 5 heteroatoms. The van der Waals surface area contributed by atoms with Crippen LogP contribution in [0.5, 0.6) is 0 Å². The Bertz CT molecular complexity index is 2020. The number of esters is 1. The second kappa shape index (κ2) is 10.4. The Morgan fingerprint density at radius 1 is 0.683 bits per heavy atom. The van der Waals surface area contributed by atoms with Crippen LogP contribution in [-0.4, -0.2) is 26.7 Å². The van der Waals surface area contributed by atoms with Crippen LogP contribution in [0.25, 0.3) is 44.1 Å². The molecule has 4 aromatic carbocycles. The molecule has 200 valence electrons. The zero-order chi connectivity index (χ0) is 27.8. The summed E-state index contributed by atoms with van der Waals surface area (Å²) in [5.41, 5.74) is 7.61. The highest BCUT2D eigenvalue weighted by molar-refractivity contribution is 6.15. The van der Waals surface area contributed by atoms with Gasteiger partial charge in [0.15, 0.2) is 5.69 Å². The van der Waals surface area contributed by atoms with E-state index in [0.717, 1.165) is 44.1 Å². The van der Waals surface area contributed by atoms with E-state index < -0.39 is 5.97 Å². The van der Waals surface area contributed by atoms with Gasteiger partial charge in [-0.3, -0.25) is 0 Å². The van der Waals surface area contributed by atoms with E-state index in [1.165, 1.54) is 11.1 Å². The number of rotatable bonds is 7. The maximum atomic E-state index is 13.2. The molecule has 0 fully saturated rings. The van der Waals surface area contributed by atoms with E-state index in [-0.39, 0.29) is 6.61 Å². The molecule has 0 aliphatic rings. The summed E-state index contributed by atoms with van der Waals surface area (Å²) in [7, 11) is 0. The number of ether oxygens (including phenoxy) is 1. The van der Waals surface area contributed by atoms with Crippen molar-refractivity contribution in [2.75, 3.05) is 6.61 Å². The normalized spacial score (nSPS) is 11.4. The number of nitrogens with zero attached hydrogens (tertiary/aromatic N) is 3. The number of aromatic nitrogens is 3. The van der Waals surface area contributed by atoms with Gasteiger partial charge in [0.1, 0.15) is 0 Å². The Morgan fingerprint density at radius 3 is 2.00 bits per heavy atom. The molecule has 5 nitrogen and oxygen atoms in total. The summed E-state index contributed by atoms with van der Waals surface area (Å²) >= 11 is 0. The van der Waals surface area contributed by atoms with E-state index in [9.17, 15) is 4.79 Å². The van der Waals surface area contributed by atoms with Crippen LogP contribution in [0.1, 0.15) is 28.5 Å². The number of benzene rings is 4. The van der Waals surface area contributed by atoms with Crippen molar-refractivity contribution in [3.8, 4) is 11.4 Å². The first kappa shape index (κ1) is 24.9. The minimum Gasteiger partial charge on any atom is -0.461 e. The molecule has 41 heavy (non-hydrogen) atoms. The molecule has 0 unspecified atom stereocenters. The van der Waals surface area contributed by atoms with Crippen molar-refractivity contribution in [2.24, 2.45) is 0 Å². The fourth-order valence-electron chi connectivity index (χ4n) is 5.83. The Hall–Kier alpha value is -5.16. The fourth-order valence-corrected chi connectivity index (χ4v) is 5.83. The Morgan fingerprint density at radius 2 is 1.29 bits per heavy atom. The van der Waals surface area contributed by atoms with Crippen molar-refractivity contribution in [2.45, 2.75) is 20.0 Å². The van der Waals surface area contributed by atoms with Gasteiger partial charge in [-0.15, -0.1) is 0 Å². The van der Waals surface area contributed by atoms with E-state index in [1.54, 1.807) is 0 Å². The molecule has 0 aliphatic carbocycles. The maximum Gasteiger partial charge on any atom is 0.357 e. The van der Waals surface area contributed by atoms with Gasteiger partial charge in [-0.25, -0.2) is 9.78 Å². The summed E-state index contributed by atoms with van der Waals surface area (Å²) in [4.78, 5) is 18.3. The summed E-state index contributed by atoms with van der Waals surface area (Å²) < 4.78 is 10.1. The van der Waals surface area contributed by atoms with Gasteiger partial charge in [-0.2, -0.15) is 0 Å². The summed E-state index contributed by atoms with van der Waals surface area (Å²) in [5.74, 6) is -0.419. The van der Waals surface area contributed by atoms with Gasteiger partial charge in [0, 0.05) is 40.3 Å². The van der Waals surface area contributed by atoms with E-state index in [0.29, 0.717) is 18.8 Å². The molecule has 0 radical (unpaired) electrons. The molecular weight excluding hydrogens is 506 g/mol. The van der Waals surface area contributed by atoms with E-state index >= 15 is 0 Å². The largest absolute Gasteiger partial charge is 0.461 e. The average Bonchev–Trinajstić information content (AvgIpc) is 3.54. The van der Waals surface area contributed by atoms with Crippen LogP contribution in [-0.2, 0) is 17.8 Å². The Balaban J connectivity index is 1.56. The minimum absolute atomic E-state index is 0.287. The highest BCUT2D eigenvalue weighted by atomic mass is 16.5. The maximum absolute atomic E-state index is 13.2. The predicted molar refractivity (Wildman–Crippen MR) is 165 cm³/mol. The number of hydrogen-bond donors (Lipinski definition) is 0.